The summed E-state index contributed by atoms with van der Waals surface area (Å²) in [6.45, 7) is 3.85. The molecule has 0 aliphatic heterocycles. The minimum atomic E-state index is -0.589. The maximum Gasteiger partial charge on any atom is 0.329 e. The van der Waals surface area contributed by atoms with Gasteiger partial charge in [0.1, 0.15) is 6.54 Å². The Labute approximate surface area is 156 Å². The Hall–Kier alpha value is -3.15. The van der Waals surface area contributed by atoms with Crippen LogP contribution < -0.4 is 16.6 Å². The number of aromatic amines is 1. The van der Waals surface area contributed by atoms with E-state index in [0.717, 1.165) is 16.6 Å². The third-order valence-corrected chi connectivity index (χ3v) is 4.44. The summed E-state index contributed by atoms with van der Waals surface area (Å²) in [4.78, 5) is 40.1. The molecule has 27 heavy (non-hydrogen) atoms. The van der Waals surface area contributed by atoms with Crippen LogP contribution in [0.2, 0.25) is 0 Å². The number of hydrogen-bond acceptors (Lipinski definition) is 3. The van der Waals surface area contributed by atoms with E-state index in [-0.39, 0.29) is 18.5 Å². The first-order valence-corrected chi connectivity index (χ1v) is 9.02. The third-order valence-electron chi connectivity index (χ3n) is 4.44. The Balaban J connectivity index is 1.85. The van der Waals surface area contributed by atoms with Crippen LogP contribution in [0.15, 0.2) is 64.2 Å². The topological polar surface area (TPSA) is 84.0 Å². The molecule has 1 heterocycles. The number of aromatic nitrogens is 2. The Bertz CT molecular complexity index is 1050. The lowest BCUT2D eigenvalue weighted by atomic mass is 9.97. The van der Waals surface area contributed by atoms with E-state index >= 15 is 0 Å². The van der Waals surface area contributed by atoms with Crippen molar-refractivity contribution < 1.29 is 4.79 Å². The van der Waals surface area contributed by atoms with Crippen LogP contribution in [0.5, 0.6) is 0 Å². The molecule has 2 aromatic carbocycles. The number of carbonyl (C=O) groups is 1. The van der Waals surface area contributed by atoms with Gasteiger partial charge in [0.05, 0.1) is 16.9 Å². The molecule has 0 fully saturated rings. The molecule has 0 aliphatic rings. The molecule has 6 nitrogen and oxygen atoms in total. The Kier molecular flexibility index (Phi) is 5.54. The average Bonchev–Trinajstić information content (AvgIpc) is 2.65. The summed E-state index contributed by atoms with van der Waals surface area (Å²) in [5.41, 5.74) is 0.407. The summed E-state index contributed by atoms with van der Waals surface area (Å²) >= 11 is 0. The smallest absolute Gasteiger partial charge is 0.329 e. The van der Waals surface area contributed by atoms with Crippen molar-refractivity contribution in [2.75, 3.05) is 0 Å². The fourth-order valence-electron chi connectivity index (χ4n) is 3.16. The average molecular weight is 365 g/mol. The van der Waals surface area contributed by atoms with Crippen molar-refractivity contribution >= 4 is 16.8 Å². The van der Waals surface area contributed by atoms with E-state index in [1.54, 1.807) is 24.3 Å². The number of amides is 1. The quantitative estimate of drug-likeness (QED) is 0.704. The number of para-hydroxylation sites is 1. The monoisotopic (exact) mass is 365 g/mol. The van der Waals surface area contributed by atoms with Crippen LogP contribution in [-0.4, -0.2) is 15.5 Å². The molecular weight excluding hydrogens is 342 g/mol. The highest BCUT2D eigenvalue weighted by Crippen LogP contribution is 2.20. The van der Waals surface area contributed by atoms with Gasteiger partial charge in [-0.3, -0.25) is 14.2 Å². The molecule has 0 radical (unpaired) electrons. The number of nitrogens with one attached hydrogen (secondary N) is 2. The van der Waals surface area contributed by atoms with Gasteiger partial charge in [0.25, 0.3) is 5.56 Å². The maximum absolute atomic E-state index is 12.6. The lowest BCUT2D eigenvalue weighted by Crippen LogP contribution is -2.41. The molecule has 3 aromatic rings. The van der Waals surface area contributed by atoms with Gasteiger partial charge in [0, 0.05) is 0 Å². The van der Waals surface area contributed by atoms with Crippen molar-refractivity contribution in [2.24, 2.45) is 5.92 Å². The molecule has 0 bridgehead atoms. The van der Waals surface area contributed by atoms with Gasteiger partial charge >= 0.3 is 5.69 Å². The standard InChI is InChI=1S/C21H23N3O3/c1-14(2)12-18(15-8-4-3-5-9-15)22-19(25)13-24-20(26)16-10-6-7-11-17(16)23-21(24)27/h3-11,14,18H,12-13H2,1-2H3,(H,22,25)(H,23,27). The van der Waals surface area contributed by atoms with Gasteiger partial charge in [-0.2, -0.15) is 0 Å². The molecule has 1 amide bonds. The summed E-state index contributed by atoms with van der Waals surface area (Å²) in [6, 6.07) is 16.3. The minimum Gasteiger partial charge on any atom is -0.348 e. The summed E-state index contributed by atoms with van der Waals surface area (Å²) in [5, 5.41) is 3.35. The van der Waals surface area contributed by atoms with E-state index in [1.165, 1.54) is 0 Å². The van der Waals surface area contributed by atoms with Gasteiger partial charge in [-0.15, -0.1) is 0 Å². The fraction of sp³-hybridized carbons (Fsp3) is 0.286. The molecule has 6 heteroatoms. The molecule has 140 valence electrons. The minimum absolute atomic E-state index is 0.172. The van der Waals surface area contributed by atoms with Crippen molar-refractivity contribution in [3.05, 3.63) is 81.0 Å². The predicted octanol–water partition coefficient (Wildman–Crippen LogP) is 2.59. The largest absolute Gasteiger partial charge is 0.348 e. The van der Waals surface area contributed by atoms with E-state index in [2.05, 4.69) is 24.1 Å². The molecular formula is C21H23N3O3. The van der Waals surface area contributed by atoms with Crippen LogP contribution in [0.3, 0.4) is 0 Å². The molecule has 0 spiro atoms. The van der Waals surface area contributed by atoms with Crippen LogP contribution in [0.4, 0.5) is 0 Å². The summed E-state index contributed by atoms with van der Waals surface area (Å²) < 4.78 is 0.940. The van der Waals surface area contributed by atoms with Gasteiger partial charge in [0.15, 0.2) is 0 Å². The van der Waals surface area contributed by atoms with E-state index in [9.17, 15) is 14.4 Å². The van der Waals surface area contributed by atoms with Gasteiger partial charge < -0.3 is 10.3 Å². The Morgan fingerprint density at radius 3 is 2.41 bits per heavy atom. The SMILES string of the molecule is CC(C)CC(NC(=O)Cn1c(=O)[nH]c2ccccc2c1=O)c1ccccc1. The lowest BCUT2D eigenvalue weighted by molar-refractivity contribution is -0.122. The lowest BCUT2D eigenvalue weighted by Gasteiger charge is -2.21. The normalized spacial score (nSPS) is 12.3. The van der Waals surface area contributed by atoms with Crippen LogP contribution in [-0.2, 0) is 11.3 Å². The van der Waals surface area contributed by atoms with Crippen molar-refractivity contribution in [3.63, 3.8) is 0 Å². The molecule has 0 aliphatic carbocycles. The van der Waals surface area contributed by atoms with Crippen LogP contribution in [0.25, 0.3) is 10.9 Å². The zero-order valence-electron chi connectivity index (χ0n) is 15.4. The number of fused-ring (bicyclic) bond motifs is 1. The number of rotatable bonds is 6. The fourth-order valence-corrected chi connectivity index (χ4v) is 3.16. The zero-order chi connectivity index (χ0) is 19.4. The molecule has 1 unspecified atom stereocenters. The van der Waals surface area contributed by atoms with Gasteiger partial charge in [0.2, 0.25) is 5.91 Å². The number of benzene rings is 2. The highest BCUT2D eigenvalue weighted by atomic mass is 16.2. The number of H-pyrrole nitrogens is 1. The third kappa shape index (κ3) is 4.34. The highest BCUT2D eigenvalue weighted by molar-refractivity contribution is 5.79. The summed E-state index contributed by atoms with van der Waals surface area (Å²) in [5.74, 6) is 0.00897. The van der Waals surface area contributed by atoms with E-state index in [0.29, 0.717) is 16.8 Å². The second-order valence-electron chi connectivity index (χ2n) is 7.03. The van der Waals surface area contributed by atoms with Crippen LogP contribution in [0, 0.1) is 5.92 Å². The zero-order valence-corrected chi connectivity index (χ0v) is 15.4. The first-order chi connectivity index (χ1) is 13.0. The Morgan fingerprint density at radius 1 is 1.04 bits per heavy atom. The van der Waals surface area contributed by atoms with Crippen molar-refractivity contribution in [1.29, 1.82) is 0 Å². The second-order valence-corrected chi connectivity index (χ2v) is 7.03. The molecule has 1 aromatic heterocycles. The maximum atomic E-state index is 12.6. The molecule has 0 saturated heterocycles. The highest BCUT2D eigenvalue weighted by Gasteiger charge is 2.18. The Morgan fingerprint density at radius 2 is 1.70 bits per heavy atom. The number of nitrogens with zero attached hydrogens (tertiary/aromatic N) is 1. The summed E-state index contributed by atoms with van der Waals surface area (Å²) in [6.07, 6.45) is 0.763. The second kappa shape index (κ2) is 8.03. The van der Waals surface area contributed by atoms with Gasteiger partial charge in [-0.25, -0.2) is 4.79 Å². The predicted molar refractivity (Wildman–Crippen MR) is 106 cm³/mol. The number of hydrogen-bond donors (Lipinski definition) is 2. The van der Waals surface area contributed by atoms with Crippen molar-refractivity contribution in [1.82, 2.24) is 14.9 Å². The van der Waals surface area contributed by atoms with Crippen LogP contribution >= 0.6 is 0 Å². The van der Waals surface area contributed by atoms with Crippen molar-refractivity contribution in [3.8, 4) is 0 Å². The van der Waals surface area contributed by atoms with Crippen molar-refractivity contribution in [2.45, 2.75) is 32.9 Å². The summed E-state index contributed by atoms with van der Waals surface area (Å²) in [7, 11) is 0. The van der Waals surface area contributed by atoms with Crippen LogP contribution in [0.1, 0.15) is 31.9 Å². The molecule has 2 N–H and O–H groups in total. The van der Waals surface area contributed by atoms with E-state index in [4.69, 9.17) is 0 Å². The number of carbonyl (C=O) groups excluding carboxylic acids is 1. The van der Waals surface area contributed by atoms with Gasteiger partial charge in [-0.1, -0.05) is 56.3 Å². The van der Waals surface area contributed by atoms with E-state index < -0.39 is 11.2 Å². The molecule has 0 saturated carbocycles. The molecule has 1 atom stereocenters. The first kappa shape index (κ1) is 18.6. The molecule has 3 rings (SSSR count). The van der Waals surface area contributed by atoms with Gasteiger partial charge in [-0.05, 0) is 30.0 Å². The first-order valence-electron chi connectivity index (χ1n) is 9.02. The van der Waals surface area contributed by atoms with E-state index in [1.807, 2.05) is 30.3 Å².